The van der Waals surface area contributed by atoms with Gasteiger partial charge in [-0.2, -0.15) is 0 Å². The minimum absolute atomic E-state index is 0.142. The highest BCUT2D eigenvalue weighted by Gasteiger charge is 2.12. The maximum atomic E-state index is 11.4. The van der Waals surface area contributed by atoms with Crippen molar-refractivity contribution in [3.63, 3.8) is 0 Å². The zero-order valence-corrected chi connectivity index (χ0v) is 11.3. The molecule has 0 bridgehead atoms. The summed E-state index contributed by atoms with van der Waals surface area (Å²) in [4.78, 5) is 10.3. The topological polar surface area (TPSA) is 83.5 Å². The minimum Gasteiger partial charge on any atom is -0.481 e. The van der Waals surface area contributed by atoms with Crippen LogP contribution in [0.15, 0.2) is 28.7 Å². The van der Waals surface area contributed by atoms with Crippen LogP contribution >= 0.6 is 15.9 Å². The van der Waals surface area contributed by atoms with E-state index in [-0.39, 0.29) is 6.54 Å². The van der Waals surface area contributed by atoms with E-state index in [1.54, 1.807) is 18.2 Å². The van der Waals surface area contributed by atoms with Crippen molar-refractivity contribution < 1.29 is 18.3 Å². The summed E-state index contributed by atoms with van der Waals surface area (Å²) in [6, 6.07) is 7.21. The van der Waals surface area contributed by atoms with Gasteiger partial charge in [0.1, 0.15) is 0 Å². The molecule has 1 rings (SSSR count). The monoisotopic (exact) mass is 321 g/mol. The summed E-state index contributed by atoms with van der Waals surface area (Å²) >= 11 is 3.30. The fourth-order valence-electron chi connectivity index (χ4n) is 1.12. The number of benzene rings is 1. The van der Waals surface area contributed by atoms with Crippen LogP contribution in [0, 0.1) is 0 Å². The molecule has 0 spiro atoms. The normalized spacial score (nSPS) is 11.4. The van der Waals surface area contributed by atoms with E-state index in [4.69, 9.17) is 5.11 Å². The molecule has 0 aliphatic carbocycles. The number of aliphatic carboxylic acids is 1. The van der Waals surface area contributed by atoms with Crippen molar-refractivity contribution in [2.24, 2.45) is 0 Å². The van der Waals surface area contributed by atoms with E-state index in [0.29, 0.717) is 0 Å². The van der Waals surface area contributed by atoms with Crippen molar-refractivity contribution in [3.05, 3.63) is 34.3 Å². The molecule has 0 aliphatic rings. The Morgan fingerprint density at radius 3 is 2.59 bits per heavy atom. The Hall–Kier alpha value is -0.920. The predicted octanol–water partition coefficient (Wildman–Crippen LogP) is 1.34. The molecule has 0 atom stereocenters. The molecule has 0 radical (unpaired) electrons. The van der Waals surface area contributed by atoms with Crippen molar-refractivity contribution >= 4 is 31.9 Å². The second kappa shape index (κ2) is 6.13. The van der Waals surface area contributed by atoms with Gasteiger partial charge in [-0.05, 0) is 11.6 Å². The number of carboxylic acid groups (broad SMARTS) is 1. The maximum Gasteiger partial charge on any atom is 0.304 e. The molecule has 7 heteroatoms. The van der Waals surface area contributed by atoms with Crippen LogP contribution in [0.4, 0.5) is 0 Å². The van der Waals surface area contributed by atoms with Crippen molar-refractivity contribution in [2.75, 3.05) is 5.75 Å². The molecule has 0 heterocycles. The average molecular weight is 322 g/mol. The Labute approximate surface area is 108 Å². The molecule has 94 valence electrons. The van der Waals surface area contributed by atoms with Gasteiger partial charge in [0.25, 0.3) is 0 Å². The molecule has 5 nitrogen and oxygen atoms in total. The van der Waals surface area contributed by atoms with Gasteiger partial charge < -0.3 is 5.11 Å². The van der Waals surface area contributed by atoms with Gasteiger partial charge in [-0.25, -0.2) is 13.1 Å². The third kappa shape index (κ3) is 5.29. The van der Waals surface area contributed by atoms with E-state index in [0.717, 1.165) is 10.0 Å². The van der Waals surface area contributed by atoms with E-state index in [1.165, 1.54) is 0 Å². The summed E-state index contributed by atoms with van der Waals surface area (Å²) < 4.78 is 26.0. The number of hydrogen-bond acceptors (Lipinski definition) is 3. The highest BCUT2D eigenvalue weighted by Crippen LogP contribution is 2.15. The first-order valence-corrected chi connectivity index (χ1v) is 7.28. The highest BCUT2D eigenvalue weighted by atomic mass is 79.9. The SMILES string of the molecule is O=C(O)CCS(=O)(=O)NCc1ccccc1Br. The second-order valence-electron chi connectivity index (χ2n) is 3.38. The molecule has 2 N–H and O–H groups in total. The van der Waals surface area contributed by atoms with Gasteiger partial charge >= 0.3 is 5.97 Å². The van der Waals surface area contributed by atoms with Gasteiger partial charge in [0.05, 0.1) is 12.2 Å². The smallest absolute Gasteiger partial charge is 0.304 e. The summed E-state index contributed by atoms with van der Waals surface area (Å²) in [7, 11) is -3.54. The predicted molar refractivity (Wildman–Crippen MR) is 67.0 cm³/mol. The summed E-state index contributed by atoms with van der Waals surface area (Å²) in [5, 5.41) is 8.41. The Morgan fingerprint density at radius 1 is 1.35 bits per heavy atom. The van der Waals surface area contributed by atoms with E-state index in [1.807, 2.05) is 6.07 Å². The molecule has 0 saturated carbocycles. The average Bonchev–Trinajstić information content (AvgIpc) is 2.26. The molecule has 0 fully saturated rings. The minimum atomic E-state index is -3.54. The third-order valence-corrected chi connectivity index (χ3v) is 4.12. The zero-order valence-electron chi connectivity index (χ0n) is 8.89. The third-order valence-electron chi connectivity index (χ3n) is 2.03. The Morgan fingerprint density at radius 2 is 2.00 bits per heavy atom. The van der Waals surface area contributed by atoms with E-state index in [9.17, 15) is 13.2 Å². The molecule has 1 aromatic rings. The molecule has 0 aromatic heterocycles. The Bertz CT molecular complexity index is 501. The number of sulfonamides is 1. The summed E-state index contributed by atoms with van der Waals surface area (Å²) in [6.07, 6.45) is -0.398. The maximum absolute atomic E-state index is 11.4. The summed E-state index contributed by atoms with van der Waals surface area (Å²) in [6.45, 7) is 0.142. The van der Waals surface area contributed by atoms with Gasteiger partial charge in [0.2, 0.25) is 10.0 Å². The van der Waals surface area contributed by atoms with Crippen LogP contribution in [0.5, 0.6) is 0 Å². The van der Waals surface area contributed by atoms with Gasteiger partial charge in [-0.1, -0.05) is 34.1 Å². The number of nitrogens with one attached hydrogen (secondary N) is 1. The molecule has 17 heavy (non-hydrogen) atoms. The van der Waals surface area contributed by atoms with Crippen molar-refractivity contribution in [1.82, 2.24) is 4.72 Å². The fourth-order valence-corrected chi connectivity index (χ4v) is 2.51. The number of halogens is 1. The summed E-state index contributed by atoms with van der Waals surface area (Å²) in [5.41, 5.74) is 0.798. The zero-order chi connectivity index (χ0) is 12.9. The first kappa shape index (κ1) is 14.1. The standard InChI is InChI=1S/C10H12BrNO4S/c11-9-4-2-1-3-8(9)7-12-17(15,16)6-5-10(13)14/h1-4,12H,5-7H2,(H,13,14). The molecule has 0 amide bonds. The summed E-state index contributed by atoms with van der Waals surface area (Å²) in [5.74, 6) is -1.54. The van der Waals surface area contributed by atoms with Crippen LogP contribution < -0.4 is 4.72 Å². The van der Waals surface area contributed by atoms with Gasteiger partial charge in [0.15, 0.2) is 0 Å². The lowest BCUT2D eigenvalue weighted by Gasteiger charge is -2.07. The van der Waals surface area contributed by atoms with E-state index in [2.05, 4.69) is 20.7 Å². The lowest BCUT2D eigenvalue weighted by Crippen LogP contribution is -2.27. The number of carboxylic acids is 1. The lowest BCUT2D eigenvalue weighted by molar-refractivity contribution is -0.136. The van der Waals surface area contributed by atoms with Crippen LogP contribution in [0.3, 0.4) is 0 Å². The Balaban J connectivity index is 2.56. The van der Waals surface area contributed by atoms with Crippen molar-refractivity contribution in [2.45, 2.75) is 13.0 Å². The van der Waals surface area contributed by atoms with Crippen LogP contribution in [-0.4, -0.2) is 25.2 Å². The van der Waals surface area contributed by atoms with Gasteiger partial charge in [-0.3, -0.25) is 4.79 Å². The molecule has 0 aliphatic heterocycles. The first-order valence-electron chi connectivity index (χ1n) is 4.83. The largest absolute Gasteiger partial charge is 0.481 e. The molecule has 0 unspecified atom stereocenters. The van der Waals surface area contributed by atoms with Crippen molar-refractivity contribution in [1.29, 1.82) is 0 Å². The first-order chi connectivity index (χ1) is 7.91. The van der Waals surface area contributed by atoms with Gasteiger partial charge in [0, 0.05) is 11.0 Å². The molecule has 0 saturated heterocycles. The van der Waals surface area contributed by atoms with Crippen LogP contribution in [0.25, 0.3) is 0 Å². The fraction of sp³-hybridized carbons (Fsp3) is 0.300. The van der Waals surface area contributed by atoms with Gasteiger partial charge in [-0.15, -0.1) is 0 Å². The van der Waals surface area contributed by atoms with Crippen LogP contribution in [-0.2, 0) is 21.4 Å². The number of rotatable bonds is 6. The van der Waals surface area contributed by atoms with Crippen LogP contribution in [0.2, 0.25) is 0 Å². The van der Waals surface area contributed by atoms with E-state index < -0.39 is 28.2 Å². The van der Waals surface area contributed by atoms with Crippen molar-refractivity contribution in [3.8, 4) is 0 Å². The lowest BCUT2D eigenvalue weighted by atomic mass is 10.2. The van der Waals surface area contributed by atoms with E-state index >= 15 is 0 Å². The highest BCUT2D eigenvalue weighted by molar-refractivity contribution is 9.10. The quantitative estimate of drug-likeness (QED) is 0.828. The molecule has 1 aromatic carbocycles. The van der Waals surface area contributed by atoms with Crippen LogP contribution in [0.1, 0.15) is 12.0 Å². The Kier molecular flexibility index (Phi) is 5.10. The molecular formula is C10H12BrNO4S. The number of hydrogen-bond donors (Lipinski definition) is 2. The number of carbonyl (C=O) groups is 1. The second-order valence-corrected chi connectivity index (χ2v) is 6.16. The molecular weight excluding hydrogens is 310 g/mol.